The molecule has 0 amide bonds. The largest absolute Gasteiger partial charge is 0.352 e. The minimum absolute atomic E-state index is 0.201. The van der Waals surface area contributed by atoms with Crippen molar-refractivity contribution in [3.63, 3.8) is 0 Å². The lowest BCUT2D eigenvalue weighted by Crippen LogP contribution is -2.14. The summed E-state index contributed by atoms with van der Waals surface area (Å²) in [6.45, 7) is 2.99. The average Bonchev–Trinajstić information content (AvgIpc) is 3.15. The van der Waals surface area contributed by atoms with Crippen molar-refractivity contribution in [3.8, 4) is 12.3 Å². The van der Waals surface area contributed by atoms with Crippen molar-refractivity contribution in [2.45, 2.75) is 26.1 Å². The summed E-state index contributed by atoms with van der Waals surface area (Å²) in [6, 6.07) is 10.1. The van der Waals surface area contributed by atoms with E-state index in [1.54, 1.807) is 0 Å². The molecule has 1 aliphatic carbocycles. The van der Waals surface area contributed by atoms with Gasteiger partial charge in [-0.05, 0) is 24.8 Å². The highest BCUT2D eigenvalue weighted by Gasteiger charge is 2.40. The smallest absolute Gasteiger partial charge is 0.147 e. The highest BCUT2D eigenvalue weighted by Crippen LogP contribution is 2.41. The topological polar surface area (TPSA) is 18.5 Å². The molecule has 0 aromatic heterocycles. The number of hydrogen-bond acceptors (Lipinski definition) is 2. The number of rotatable bonds is 6. The van der Waals surface area contributed by atoms with E-state index in [0.717, 1.165) is 12.0 Å². The molecular formula is C15H18O2. The van der Waals surface area contributed by atoms with Gasteiger partial charge in [-0.3, -0.25) is 0 Å². The first-order valence-electron chi connectivity index (χ1n) is 6.00. The molecule has 0 heterocycles. The molecule has 0 saturated heterocycles. The second kappa shape index (κ2) is 5.86. The molecule has 1 aromatic carbocycles. The summed E-state index contributed by atoms with van der Waals surface area (Å²) in [5.41, 5.74) is 1.16. The molecule has 0 aliphatic heterocycles. The van der Waals surface area contributed by atoms with E-state index < -0.39 is 0 Å². The minimum atomic E-state index is 0.201. The Morgan fingerprint density at radius 1 is 1.41 bits per heavy atom. The Hall–Kier alpha value is -1.30. The zero-order chi connectivity index (χ0) is 12.1. The maximum atomic E-state index is 5.60. The van der Waals surface area contributed by atoms with Crippen molar-refractivity contribution in [2.24, 2.45) is 11.8 Å². The highest BCUT2D eigenvalue weighted by molar-refractivity contribution is 5.13. The van der Waals surface area contributed by atoms with Gasteiger partial charge in [-0.15, -0.1) is 12.3 Å². The Balaban J connectivity index is 1.59. The summed E-state index contributed by atoms with van der Waals surface area (Å²) >= 11 is 0. The number of hydrogen-bond donors (Lipinski definition) is 0. The van der Waals surface area contributed by atoms with Crippen molar-refractivity contribution in [3.05, 3.63) is 35.9 Å². The molecule has 0 spiro atoms. The van der Waals surface area contributed by atoms with Crippen LogP contribution in [0.2, 0.25) is 0 Å². The van der Waals surface area contributed by atoms with E-state index in [0.29, 0.717) is 25.2 Å². The standard InChI is InChI=1S/C15H18O2/c1-3-14-9-15(14)12(2)17-11-16-10-13-7-5-4-6-8-13/h1,4-8,12,14-15H,9-11H2,2H3/t12-,14?,15+/m0/s1. The lowest BCUT2D eigenvalue weighted by atomic mass is 10.2. The Bertz CT molecular complexity index is 380. The van der Waals surface area contributed by atoms with Gasteiger partial charge in [0.05, 0.1) is 12.7 Å². The van der Waals surface area contributed by atoms with Gasteiger partial charge in [0, 0.05) is 5.92 Å². The molecule has 2 nitrogen and oxygen atoms in total. The molecule has 3 atom stereocenters. The van der Waals surface area contributed by atoms with Crippen molar-refractivity contribution in [1.82, 2.24) is 0 Å². The molecule has 90 valence electrons. The Kier molecular flexibility index (Phi) is 4.19. The predicted octanol–water partition coefficient (Wildman–Crippen LogP) is 2.84. The third-order valence-electron chi connectivity index (χ3n) is 3.18. The molecule has 1 aromatic rings. The van der Waals surface area contributed by atoms with Gasteiger partial charge < -0.3 is 9.47 Å². The zero-order valence-electron chi connectivity index (χ0n) is 10.1. The van der Waals surface area contributed by atoms with Crippen LogP contribution < -0.4 is 0 Å². The van der Waals surface area contributed by atoms with E-state index in [2.05, 4.69) is 12.8 Å². The molecule has 1 fully saturated rings. The first kappa shape index (κ1) is 12.2. The van der Waals surface area contributed by atoms with E-state index in [9.17, 15) is 0 Å². The van der Waals surface area contributed by atoms with Crippen LogP contribution in [0.1, 0.15) is 18.9 Å². The summed E-state index contributed by atoms with van der Waals surface area (Å²) in [5.74, 6) is 3.71. The van der Waals surface area contributed by atoms with Crippen LogP contribution in [0, 0.1) is 24.2 Å². The number of terminal acetylenes is 1. The van der Waals surface area contributed by atoms with Gasteiger partial charge in [0.2, 0.25) is 0 Å². The van der Waals surface area contributed by atoms with Crippen LogP contribution in [0.3, 0.4) is 0 Å². The Morgan fingerprint density at radius 2 is 2.18 bits per heavy atom. The summed E-state index contributed by atoms with van der Waals surface area (Å²) in [5, 5.41) is 0. The Labute approximate surface area is 103 Å². The summed E-state index contributed by atoms with van der Waals surface area (Å²) in [6.07, 6.45) is 6.65. The summed E-state index contributed by atoms with van der Waals surface area (Å²) in [4.78, 5) is 0. The fourth-order valence-corrected chi connectivity index (χ4v) is 1.94. The van der Waals surface area contributed by atoms with Crippen LogP contribution >= 0.6 is 0 Å². The lowest BCUT2D eigenvalue weighted by molar-refractivity contribution is -0.0968. The van der Waals surface area contributed by atoms with Crippen molar-refractivity contribution >= 4 is 0 Å². The second-order valence-corrected chi connectivity index (χ2v) is 4.50. The van der Waals surface area contributed by atoms with Gasteiger partial charge >= 0.3 is 0 Å². The maximum Gasteiger partial charge on any atom is 0.147 e. The minimum Gasteiger partial charge on any atom is -0.352 e. The van der Waals surface area contributed by atoms with E-state index in [4.69, 9.17) is 15.9 Å². The number of ether oxygens (including phenoxy) is 2. The first-order chi connectivity index (χ1) is 8.31. The van der Waals surface area contributed by atoms with E-state index >= 15 is 0 Å². The van der Waals surface area contributed by atoms with Gasteiger partial charge in [-0.2, -0.15) is 0 Å². The number of benzene rings is 1. The van der Waals surface area contributed by atoms with Gasteiger partial charge in [0.1, 0.15) is 6.79 Å². The van der Waals surface area contributed by atoms with Gasteiger partial charge in [0.15, 0.2) is 0 Å². The van der Waals surface area contributed by atoms with Crippen LogP contribution in [0.5, 0.6) is 0 Å². The molecule has 0 bridgehead atoms. The molecular weight excluding hydrogens is 212 g/mol. The quantitative estimate of drug-likeness (QED) is 0.425. The van der Waals surface area contributed by atoms with Crippen molar-refractivity contribution in [1.29, 1.82) is 0 Å². The van der Waals surface area contributed by atoms with Crippen LogP contribution in [0.25, 0.3) is 0 Å². The third-order valence-corrected chi connectivity index (χ3v) is 3.18. The highest BCUT2D eigenvalue weighted by atomic mass is 16.7. The maximum absolute atomic E-state index is 5.60. The van der Waals surface area contributed by atoms with Crippen LogP contribution in [0.15, 0.2) is 30.3 Å². The Morgan fingerprint density at radius 3 is 2.82 bits per heavy atom. The molecule has 0 radical (unpaired) electrons. The van der Waals surface area contributed by atoms with Crippen LogP contribution in [-0.4, -0.2) is 12.9 Å². The van der Waals surface area contributed by atoms with Gasteiger partial charge in [-0.25, -0.2) is 0 Å². The van der Waals surface area contributed by atoms with Crippen LogP contribution in [0.4, 0.5) is 0 Å². The molecule has 17 heavy (non-hydrogen) atoms. The van der Waals surface area contributed by atoms with Crippen molar-refractivity contribution in [2.75, 3.05) is 6.79 Å². The second-order valence-electron chi connectivity index (χ2n) is 4.50. The summed E-state index contributed by atoms with van der Waals surface area (Å²) < 4.78 is 11.1. The molecule has 2 rings (SSSR count). The molecule has 2 heteroatoms. The average molecular weight is 230 g/mol. The predicted molar refractivity (Wildman–Crippen MR) is 67.1 cm³/mol. The zero-order valence-corrected chi connectivity index (χ0v) is 10.1. The summed E-state index contributed by atoms with van der Waals surface area (Å²) in [7, 11) is 0. The monoisotopic (exact) mass is 230 g/mol. The molecule has 0 N–H and O–H groups in total. The SMILES string of the molecule is C#CC1C[C@@H]1[C@H](C)OCOCc1ccccc1. The molecule has 1 aliphatic rings. The normalized spacial score (nSPS) is 24.0. The van der Waals surface area contributed by atoms with E-state index in [1.165, 1.54) is 0 Å². The van der Waals surface area contributed by atoms with Crippen molar-refractivity contribution < 1.29 is 9.47 Å². The van der Waals surface area contributed by atoms with Crippen LogP contribution in [-0.2, 0) is 16.1 Å². The van der Waals surface area contributed by atoms with E-state index in [1.807, 2.05) is 30.3 Å². The molecule has 1 saturated carbocycles. The molecule has 1 unspecified atom stereocenters. The van der Waals surface area contributed by atoms with E-state index in [-0.39, 0.29) is 6.10 Å². The van der Waals surface area contributed by atoms with Gasteiger partial charge in [-0.1, -0.05) is 30.3 Å². The third kappa shape index (κ3) is 3.59. The fraction of sp³-hybridized carbons (Fsp3) is 0.467. The first-order valence-corrected chi connectivity index (χ1v) is 6.00. The van der Waals surface area contributed by atoms with Gasteiger partial charge in [0.25, 0.3) is 0 Å². The fourth-order valence-electron chi connectivity index (χ4n) is 1.94. The lowest BCUT2D eigenvalue weighted by Gasteiger charge is -2.12.